The van der Waals surface area contributed by atoms with Gasteiger partial charge in [0.05, 0.1) is 7.11 Å². The third-order valence-corrected chi connectivity index (χ3v) is 1.89. The molecule has 1 aromatic heterocycles. The highest BCUT2D eigenvalue weighted by Gasteiger charge is 2.44. The molecule has 0 unspecified atom stereocenters. The van der Waals surface area contributed by atoms with Gasteiger partial charge in [0.2, 0.25) is 0 Å². The molecule has 0 saturated heterocycles. The largest absolute Gasteiger partial charge is 0.492 e. The number of pyridine rings is 1. The number of halogens is 5. The molecule has 0 atom stereocenters. The van der Waals surface area contributed by atoms with Crippen molar-refractivity contribution in [1.29, 1.82) is 0 Å². The number of alkyl halides is 5. The number of nitrogens with zero attached hydrogens (tertiary/aromatic N) is 2. The Morgan fingerprint density at radius 1 is 1.44 bits per heavy atom. The van der Waals surface area contributed by atoms with Gasteiger partial charge in [0.1, 0.15) is 5.56 Å². The minimum Gasteiger partial charge on any atom is -0.492 e. The molecule has 100 valence electrons. The lowest BCUT2D eigenvalue weighted by atomic mass is 10.2. The molecule has 0 aliphatic heterocycles. The third-order valence-electron chi connectivity index (χ3n) is 1.89. The second-order valence-electron chi connectivity index (χ2n) is 3.01. The number of hydrogen-bond donors (Lipinski definition) is 0. The second-order valence-corrected chi connectivity index (χ2v) is 3.01. The van der Waals surface area contributed by atoms with Crippen molar-refractivity contribution in [2.75, 3.05) is 7.11 Å². The maximum absolute atomic E-state index is 12.5. The summed E-state index contributed by atoms with van der Waals surface area (Å²) in [6, 6.07) is 0.263. The van der Waals surface area contributed by atoms with Gasteiger partial charge in [-0.05, 0) is 9.91 Å². The van der Waals surface area contributed by atoms with E-state index in [1.807, 2.05) is 0 Å². The Morgan fingerprint density at radius 2 is 2.00 bits per heavy atom. The molecular formula is C8H5F5N2O3. The average molecular weight is 272 g/mol. The molecule has 0 saturated carbocycles. The fraction of sp³-hybridized carbons (Fsp3) is 0.375. The van der Waals surface area contributed by atoms with E-state index >= 15 is 0 Å². The smallest absolute Gasteiger partial charge is 0.461 e. The van der Waals surface area contributed by atoms with Crippen molar-refractivity contribution in [2.45, 2.75) is 12.6 Å². The van der Waals surface area contributed by atoms with E-state index in [1.54, 1.807) is 0 Å². The van der Waals surface area contributed by atoms with Crippen LogP contribution >= 0.6 is 0 Å². The van der Waals surface area contributed by atoms with Gasteiger partial charge in [-0.3, -0.25) is 0 Å². The number of methoxy groups -OCH3 is 1. The van der Waals surface area contributed by atoms with Crippen molar-refractivity contribution in [2.24, 2.45) is 0 Å². The first kappa shape index (κ1) is 14.1. The van der Waals surface area contributed by atoms with Crippen molar-refractivity contribution in [3.05, 3.63) is 27.4 Å². The summed E-state index contributed by atoms with van der Waals surface area (Å²) >= 11 is 0. The van der Waals surface area contributed by atoms with Crippen molar-refractivity contribution in [3.8, 4) is 5.75 Å². The Morgan fingerprint density at radius 3 is 2.33 bits per heavy atom. The van der Waals surface area contributed by atoms with Crippen molar-refractivity contribution in [1.82, 2.24) is 4.98 Å². The number of hydrogen-bond acceptors (Lipinski definition) is 4. The molecule has 0 aliphatic rings. The Hall–Kier alpha value is -2.00. The number of nitro groups is 1. The molecule has 0 radical (unpaired) electrons. The Kier molecular flexibility index (Phi) is 3.67. The van der Waals surface area contributed by atoms with E-state index in [9.17, 15) is 32.1 Å². The minimum atomic E-state index is -5.04. The van der Waals surface area contributed by atoms with Crippen LogP contribution < -0.4 is 4.74 Å². The maximum Gasteiger partial charge on any atom is 0.461 e. The van der Waals surface area contributed by atoms with Crippen LogP contribution in [0.25, 0.3) is 0 Å². The summed E-state index contributed by atoms with van der Waals surface area (Å²) in [5.74, 6) is -2.54. The van der Waals surface area contributed by atoms with E-state index < -0.39 is 40.3 Å². The molecule has 18 heavy (non-hydrogen) atoms. The van der Waals surface area contributed by atoms with Gasteiger partial charge in [-0.2, -0.15) is 13.2 Å². The predicted molar refractivity (Wildman–Crippen MR) is 47.4 cm³/mol. The van der Waals surface area contributed by atoms with E-state index in [-0.39, 0.29) is 6.07 Å². The van der Waals surface area contributed by atoms with Gasteiger partial charge in [0.25, 0.3) is 12.1 Å². The summed E-state index contributed by atoms with van der Waals surface area (Å²) in [7, 11) is 0.813. The molecule has 0 amide bonds. The number of ether oxygens (including phenoxy) is 1. The Balaban J connectivity index is 3.57. The normalized spacial score (nSPS) is 11.7. The molecule has 1 rings (SSSR count). The van der Waals surface area contributed by atoms with Crippen LogP contribution in [0.5, 0.6) is 5.75 Å². The van der Waals surface area contributed by atoms with Gasteiger partial charge in [0.15, 0.2) is 5.75 Å². The maximum atomic E-state index is 12.5. The zero-order chi connectivity index (χ0) is 14.1. The fourth-order valence-electron chi connectivity index (χ4n) is 1.17. The molecule has 0 bridgehead atoms. The van der Waals surface area contributed by atoms with Crippen molar-refractivity contribution < 1.29 is 31.6 Å². The lowest BCUT2D eigenvalue weighted by molar-refractivity contribution is -0.391. The first-order valence-corrected chi connectivity index (χ1v) is 4.27. The van der Waals surface area contributed by atoms with E-state index in [0.29, 0.717) is 0 Å². The first-order valence-electron chi connectivity index (χ1n) is 4.27. The number of aromatic nitrogens is 1. The lowest BCUT2D eigenvalue weighted by Crippen LogP contribution is -2.13. The van der Waals surface area contributed by atoms with Gasteiger partial charge in [-0.1, -0.05) is 0 Å². The topological polar surface area (TPSA) is 65.3 Å². The van der Waals surface area contributed by atoms with Gasteiger partial charge >= 0.3 is 12.0 Å². The summed E-state index contributed by atoms with van der Waals surface area (Å²) < 4.78 is 66.5. The second kappa shape index (κ2) is 4.70. The summed E-state index contributed by atoms with van der Waals surface area (Å²) in [6.07, 6.45) is -8.38. The molecule has 10 heteroatoms. The van der Waals surface area contributed by atoms with E-state index in [0.717, 1.165) is 7.11 Å². The fourth-order valence-corrected chi connectivity index (χ4v) is 1.17. The first-order chi connectivity index (χ1) is 8.18. The summed E-state index contributed by atoms with van der Waals surface area (Å²) in [5.41, 5.74) is -2.95. The third kappa shape index (κ3) is 2.63. The molecule has 1 heterocycles. The molecule has 0 aliphatic carbocycles. The van der Waals surface area contributed by atoms with Crippen LogP contribution in [0.15, 0.2) is 6.07 Å². The van der Waals surface area contributed by atoms with Crippen molar-refractivity contribution in [3.63, 3.8) is 0 Å². The summed E-state index contributed by atoms with van der Waals surface area (Å²) in [6.45, 7) is 0. The molecule has 0 fully saturated rings. The van der Waals surface area contributed by atoms with Crippen LogP contribution in [0, 0.1) is 10.1 Å². The van der Waals surface area contributed by atoms with Crippen molar-refractivity contribution >= 4 is 5.82 Å². The van der Waals surface area contributed by atoms with Gasteiger partial charge in [-0.25, -0.2) is 8.78 Å². The van der Waals surface area contributed by atoms with Crippen LogP contribution in [0.4, 0.5) is 27.8 Å². The van der Waals surface area contributed by atoms with E-state index in [4.69, 9.17) is 0 Å². The van der Waals surface area contributed by atoms with Gasteiger partial charge in [0, 0.05) is 6.07 Å². The van der Waals surface area contributed by atoms with Crippen LogP contribution in [0.1, 0.15) is 17.7 Å². The minimum absolute atomic E-state index is 0.263. The van der Waals surface area contributed by atoms with Gasteiger partial charge < -0.3 is 14.9 Å². The number of rotatable bonds is 3. The van der Waals surface area contributed by atoms with Crippen LogP contribution in [-0.2, 0) is 6.18 Å². The molecule has 0 spiro atoms. The molecular weight excluding hydrogens is 267 g/mol. The van der Waals surface area contributed by atoms with Crippen LogP contribution in [0.2, 0.25) is 0 Å². The SMILES string of the molecule is COc1cc(C(F)F)c([N+](=O)[O-])nc1C(F)(F)F. The molecule has 0 N–H and O–H groups in total. The van der Waals surface area contributed by atoms with Crippen LogP contribution in [0.3, 0.4) is 0 Å². The average Bonchev–Trinajstić information content (AvgIpc) is 2.25. The summed E-state index contributed by atoms with van der Waals surface area (Å²) in [5, 5.41) is 10.4. The van der Waals surface area contributed by atoms with Gasteiger partial charge in [-0.15, -0.1) is 0 Å². The zero-order valence-electron chi connectivity index (χ0n) is 8.66. The highest BCUT2D eigenvalue weighted by atomic mass is 19.4. The monoisotopic (exact) mass is 272 g/mol. The van der Waals surface area contributed by atoms with E-state index in [1.165, 1.54) is 0 Å². The lowest BCUT2D eigenvalue weighted by Gasteiger charge is -2.09. The summed E-state index contributed by atoms with van der Waals surface area (Å²) in [4.78, 5) is 11.6. The highest BCUT2D eigenvalue weighted by Crippen LogP contribution is 2.39. The predicted octanol–water partition coefficient (Wildman–Crippen LogP) is 2.95. The van der Waals surface area contributed by atoms with Crippen LogP contribution in [-0.4, -0.2) is 17.0 Å². The molecule has 1 aromatic rings. The van der Waals surface area contributed by atoms with E-state index in [2.05, 4.69) is 9.72 Å². The molecule has 0 aromatic carbocycles. The zero-order valence-corrected chi connectivity index (χ0v) is 8.66. The standard InChI is InChI=1S/C8H5F5N2O3/c1-18-4-2-3(6(9)10)7(15(16)17)14-5(4)8(11,12)13/h2,6H,1H3. The molecule has 5 nitrogen and oxygen atoms in total. The highest BCUT2D eigenvalue weighted by molar-refractivity contribution is 5.44. The Labute approximate surface area is 96.3 Å². The quantitative estimate of drug-likeness (QED) is 0.482. The Bertz CT molecular complexity index is 475.